The molecule has 4 aromatic rings. The van der Waals surface area contributed by atoms with Crippen LogP contribution in [0.2, 0.25) is 0 Å². The molecule has 0 amide bonds. The molecule has 5 rings (SSSR count). The van der Waals surface area contributed by atoms with Gasteiger partial charge < -0.3 is 24.5 Å². The Morgan fingerprint density at radius 3 is 2.81 bits per heavy atom. The number of hydrogen-bond acceptors (Lipinski definition) is 8. The first-order valence-corrected chi connectivity index (χ1v) is 8.97. The largest absolute Gasteiger partial charge is 0.463 e. The van der Waals surface area contributed by atoms with Gasteiger partial charge in [-0.25, -0.2) is 9.97 Å². The second-order valence-corrected chi connectivity index (χ2v) is 7.05. The van der Waals surface area contributed by atoms with E-state index >= 15 is 0 Å². The second kappa shape index (κ2) is 5.86. The lowest BCUT2D eigenvalue weighted by atomic mass is 10.1. The predicted molar refractivity (Wildman–Crippen MR) is 93.6 cm³/mol. The van der Waals surface area contributed by atoms with Gasteiger partial charge in [-0.2, -0.15) is 0 Å². The molecule has 1 aliphatic rings. The van der Waals surface area contributed by atoms with Crippen LogP contribution >= 0.6 is 11.3 Å². The van der Waals surface area contributed by atoms with E-state index in [1.165, 1.54) is 17.7 Å². The van der Waals surface area contributed by atoms with Gasteiger partial charge in [0.1, 0.15) is 36.0 Å². The molecule has 0 aliphatic carbocycles. The van der Waals surface area contributed by atoms with Gasteiger partial charge in [-0.3, -0.25) is 4.57 Å². The van der Waals surface area contributed by atoms with Crippen molar-refractivity contribution in [3.63, 3.8) is 0 Å². The monoisotopic (exact) mass is 373 g/mol. The van der Waals surface area contributed by atoms with Crippen LogP contribution in [0.1, 0.15) is 6.23 Å². The number of aliphatic hydroxyl groups excluding tert-OH is 3. The Bertz CT molecular complexity index is 1070. The molecule has 4 atom stereocenters. The highest BCUT2D eigenvalue weighted by molar-refractivity contribution is 7.18. The summed E-state index contributed by atoms with van der Waals surface area (Å²) < 4.78 is 13.9. The Morgan fingerprint density at radius 1 is 1.19 bits per heavy atom. The molecule has 1 aliphatic heterocycles. The maximum absolute atomic E-state index is 10.5. The van der Waals surface area contributed by atoms with Crippen molar-refractivity contribution in [3.05, 3.63) is 36.2 Å². The molecule has 9 heteroatoms. The molecule has 4 aromatic heterocycles. The lowest BCUT2D eigenvalue weighted by Crippen LogP contribution is -2.33. The van der Waals surface area contributed by atoms with Crippen molar-refractivity contribution in [1.82, 2.24) is 14.5 Å². The zero-order chi connectivity index (χ0) is 17.8. The molecule has 3 N–H and O–H groups in total. The van der Waals surface area contributed by atoms with Crippen LogP contribution in [0.15, 0.2) is 40.6 Å². The standard InChI is InChI=1S/C17H15N3O5S/c21-6-10-13(22)14(23)17(25-10)20-8-3-5-26-15(8)11-12(9-2-1-4-24-9)18-7-19-16(11)20/h1-5,7,10,13-14,17,21-23H,6H2/t10-,13-,14-,17-/m1/s1. The zero-order valence-electron chi connectivity index (χ0n) is 13.4. The van der Waals surface area contributed by atoms with Crippen molar-refractivity contribution in [2.75, 3.05) is 6.61 Å². The number of fused-ring (bicyclic) bond motifs is 3. The molecule has 134 valence electrons. The maximum Gasteiger partial charge on any atom is 0.165 e. The van der Waals surface area contributed by atoms with Crippen LogP contribution < -0.4 is 0 Å². The fourth-order valence-electron chi connectivity index (χ4n) is 3.51. The van der Waals surface area contributed by atoms with Crippen LogP contribution in [-0.4, -0.2) is 54.8 Å². The van der Waals surface area contributed by atoms with Gasteiger partial charge in [0.25, 0.3) is 0 Å². The minimum absolute atomic E-state index is 0.382. The number of rotatable bonds is 3. The Hall–Kier alpha value is -2.30. The smallest absolute Gasteiger partial charge is 0.165 e. The summed E-state index contributed by atoms with van der Waals surface area (Å²) in [4.78, 5) is 8.78. The lowest BCUT2D eigenvalue weighted by Gasteiger charge is -2.18. The molecular formula is C17H15N3O5S. The molecule has 0 bridgehead atoms. The summed E-state index contributed by atoms with van der Waals surface area (Å²) in [5, 5.41) is 32.7. The molecule has 8 nitrogen and oxygen atoms in total. The topological polar surface area (TPSA) is 114 Å². The molecule has 5 heterocycles. The minimum atomic E-state index is -1.19. The Labute approximate surface area is 150 Å². The van der Waals surface area contributed by atoms with Gasteiger partial charge in [0.2, 0.25) is 0 Å². The van der Waals surface area contributed by atoms with Crippen molar-refractivity contribution in [2.45, 2.75) is 24.5 Å². The SMILES string of the molecule is OC[C@H]1O[C@@H](n2c3ccsc3c3c(-c4ccco4)ncnc32)[C@H](O)[C@@H]1O. The average molecular weight is 373 g/mol. The van der Waals surface area contributed by atoms with Gasteiger partial charge in [0, 0.05) is 0 Å². The van der Waals surface area contributed by atoms with E-state index in [9.17, 15) is 15.3 Å². The molecule has 0 aromatic carbocycles. The van der Waals surface area contributed by atoms with Gasteiger partial charge in [-0.1, -0.05) is 0 Å². The van der Waals surface area contributed by atoms with E-state index in [1.54, 1.807) is 16.9 Å². The van der Waals surface area contributed by atoms with Crippen LogP contribution in [0, 0.1) is 0 Å². The number of aliphatic hydroxyl groups is 3. The quantitative estimate of drug-likeness (QED) is 0.499. The molecule has 26 heavy (non-hydrogen) atoms. The summed E-state index contributed by atoms with van der Waals surface area (Å²) in [6.45, 7) is -0.382. The van der Waals surface area contributed by atoms with E-state index in [2.05, 4.69) is 9.97 Å². The number of thiophene rings is 1. The van der Waals surface area contributed by atoms with E-state index in [-0.39, 0.29) is 6.61 Å². The van der Waals surface area contributed by atoms with Gasteiger partial charge in [-0.05, 0) is 23.6 Å². The van der Waals surface area contributed by atoms with E-state index in [0.29, 0.717) is 17.1 Å². The Morgan fingerprint density at radius 2 is 2.08 bits per heavy atom. The molecule has 0 spiro atoms. The highest BCUT2D eigenvalue weighted by Crippen LogP contribution is 2.42. The van der Waals surface area contributed by atoms with Gasteiger partial charge in [0.15, 0.2) is 12.0 Å². The highest BCUT2D eigenvalue weighted by Gasteiger charge is 2.44. The number of hydrogen-bond donors (Lipinski definition) is 3. The first-order valence-electron chi connectivity index (χ1n) is 8.09. The number of aromatic nitrogens is 3. The molecule has 1 saturated heterocycles. The van der Waals surface area contributed by atoms with Crippen molar-refractivity contribution in [2.24, 2.45) is 0 Å². The van der Waals surface area contributed by atoms with Gasteiger partial charge in [-0.15, -0.1) is 11.3 Å². The molecule has 0 radical (unpaired) electrons. The summed E-state index contributed by atoms with van der Waals surface area (Å²) in [5.74, 6) is 0.617. The normalized spacial score (nSPS) is 26.3. The minimum Gasteiger partial charge on any atom is -0.463 e. The third kappa shape index (κ3) is 2.09. The van der Waals surface area contributed by atoms with Gasteiger partial charge in [0.05, 0.1) is 28.5 Å². The van der Waals surface area contributed by atoms with E-state index in [4.69, 9.17) is 9.15 Å². The summed E-state index contributed by atoms with van der Waals surface area (Å²) in [5.41, 5.74) is 2.04. The van der Waals surface area contributed by atoms with E-state index in [1.807, 2.05) is 17.5 Å². The van der Waals surface area contributed by atoms with Crippen LogP contribution in [-0.2, 0) is 4.74 Å². The number of furan rings is 1. The van der Waals surface area contributed by atoms with Gasteiger partial charge >= 0.3 is 0 Å². The highest BCUT2D eigenvalue weighted by atomic mass is 32.1. The first-order chi connectivity index (χ1) is 12.7. The first kappa shape index (κ1) is 15.9. The van der Waals surface area contributed by atoms with Crippen LogP contribution in [0.5, 0.6) is 0 Å². The summed E-state index contributed by atoms with van der Waals surface area (Å²) in [6, 6.07) is 5.52. The number of nitrogens with zero attached hydrogens (tertiary/aromatic N) is 3. The van der Waals surface area contributed by atoms with Crippen molar-refractivity contribution in [3.8, 4) is 11.5 Å². The summed E-state index contributed by atoms with van der Waals surface area (Å²) in [6.07, 6.45) is -1.07. The second-order valence-electron chi connectivity index (χ2n) is 6.13. The van der Waals surface area contributed by atoms with Crippen molar-refractivity contribution < 1.29 is 24.5 Å². The van der Waals surface area contributed by atoms with E-state index in [0.717, 1.165) is 15.6 Å². The molecular weight excluding hydrogens is 358 g/mol. The van der Waals surface area contributed by atoms with E-state index < -0.39 is 24.5 Å². The average Bonchev–Trinajstić information content (AvgIpc) is 3.41. The third-order valence-electron chi connectivity index (χ3n) is 4.71. The Balaban J connectivity index is 1.78. The zero-order valence-corrected chi connectivity index (χ0v) is 14.2. The maximum atomic E-state index is 10.5. The molecule has 1 fully saturated rings. The van der Waals surface area contributed by atoms with Crippen molar-refractivity contribution >= 4 is 32.6 Å². The fourth-order valence-corrected chi connectivity index (χ4v) is 4.44. The Kier molecular flexibility index (Phi) is 3.59. The predicted octanol–water partition coefficient (Wildman–Crippen LogP) is 1.52. The number of ether oxygens (including phenoxy) is 1. The van der Waals surface area contributed by atoms with Crippen molar-refractivity contribution in [1.29, 1.82) is 0 Å². The lowest BCUT2D eigenvalue weighted by molar-refractivity contribution is -0.0489. The third-order valence-corrected chi connectivity index (χ3v) is 5.63. The van der Waals surface area contributed by atoms with Crippen LogP contribution in [0.25, 0.3) is 32.7 Å². The molecule has 0 unspecified atom stereocenters. The summed E-state index contributed by atoms with van der Waals surface area (Å²) in [7, 11) is 0. The summed E-state index contributed by atoms with van der Waals surface area (Å²) >= 11 is 1.52. The van der Waals surface area contributed by atoms with Crippen LogP contribution in [0.3, 0.4) is 0 Å². The van der Waals surface area contributed by atoms with Crippen LogP contribution in [0.4, 0.5) is 0 Å². The fraction of sp³-hybridized carbons (Fsp3) is 0.294. The molecule has 0 saturated carbocycles.